The zero-order valence-electron chi connectivity index (χ0n) is 8.16. The maximum atomic E-state index is 6.19. The Labute approximate surface area is 75.1 Å². The molecule has 0 aliphatic heterocycles. The first kappa shape index (κ1) is 8.52. The average molecular weight is 168 g/mol. The van der Waals surface area contributed by atoms with E-state index in [0.29, 0.717) is 6.04 Å². The Morgan fingerprint density at radius 2 is 1.92 bits per heavy atom. The quantitative estimate of drug-likeness (QED) is 0.664. The molecule has 2 aliphatic rings. The molecule has 2 heteroatoms. The van der Waals surface area contributed by atoms with Crippen molar-refractivity contribution in [3.8, 4) is 0 Å². The molecule has 0 aromatic carbocycles. The Kier molecular flexibility index (Phi) is 2.13. The van der Waals surface area contributed by atoms with Crippen LogP contribution in [-0.2, 0) is 0 Å². The number of nitrogens with zero attached hydrogens (tertiary/aromatic N) is 1. The fraction of sp³-hybridized carbons (Fsp3) is 1.00. The van der Waals surface area contributed by atoms with Crippen LogP contribution in [0.3, 0.4) is 0 Å². The summed E-state index contributed by atoms with van der Waals surface area (Å²) in [5.74, 6) is 2.60. The van der Waals surface area contributed by atoms with Gasteiger partial charge in [-0.25, -0.2) is 0 Å². The molecule has 2 bridgehead atoms. The second-order valence-electron chi connectivity index (χ2n) is 4.84. The molecular formula is C10H20N2. The Hall–Kier alpha value is -0.0800. The summed E-state index contributed by atoms with van der Waals surface area (Å²) in [6.45, 7) is 1.20. The van der Waals surface area contributed by atoms with Gasteiger partial charge in [-0.15, -0.1) is 0 Å². The lowest BCUT2D eigenvalue weighted by Gasteiger charge is -2.30. The number of hydrogen-bond acceptors (Lipinski definition) is 2. The smallest absolute Gasteiger partial charge is 0.0111 e. The van der Waals surface area contributed by atoms with Crippen LogP contribution in [0.2, 0.25) is 0 Å². The molecule has 0 aromatic rings. The van der Waals surface area contributed by atoms with E-state index in [0.717, 1.165) is 17.8 Å². The lowest BCUT2D eigenvalue weighted by Crippen LogP contribution is -2.40. The van der Waals surface area contributed by atoms with Crippen LogP contribution >= 0.6 is 0 Å². The van der Waals surface area contributed by atoms with Gasteiger partial charge in [0.2, 0.25) is 0 Å². The van der Waals surface area contributed by atoms with Crippen LogP contribution in [-0.4, -0.2) is 31.6 Å². The monoisotopic (exact) mass is 168 g/mol. The van der Waals surface area contributed by atoms with E-state index in [-0.39, 0.29) is 0 Å². The van der Waals surface area contributed by atoms with E-state index in [1.54, 1.807) is 0 Å². The van der Waals surface area contributed by atoms with Crippen molar-refractivity contribution >= 4 is 0 Å². The molecule has 0 aromatic heterocycles. The van der Waals surface area contributed by atoms with Crippen molar-refractivity contribution in [1.29, 1.82) is 0 Å². The predicted octanol–water partition coefficient (Wildman–Crippen LogP) is 0.921. The third kappa shape index (κ3) is 1.27. The summed E-state index contributed by atoms with van der Waals surface area (Å²) in [5, 5.41) is 0. The molecule has 2 nitrogen and oxygen atoms in total. The lowest BCUT2D eigenvalue weighted by atomic mass is 9.85. The third-order valence-corrected chi connectivity index (χ3v) is 3.73. The molecule has 0 spiro atoms. The van der Waals surface area contributed by atoms with Crippen LogP contribution < -0.4 is 5.73 Å². The van der Waals surface area contributed by atoms with Crippen LogP contribution in [0.15, 0.2) is 0 Å². The standard InChI is InChI=1S/C10H20N2/c1-12(2)6-9-7-3-4-8(5-7)10(9)11/h7-10H,3-6,11H2,1-2H3/t7-,8-,9-,10+/m0/s1. The zero-order chi connectivity index (χ0) is 8.72. The highest BCUT2D eigenvalue weighted by atomic mass is 15.1. The van der Waals surface area contributed by atoms with Gasteiger partial charge < -0.3 is 10.6 Å². The van der Waals surface area contributed by atoms with Crippen molar-refractivity contribution in [3.63, 3.8) is 0 Å². The molecule has 2 rings (SSSR count). The highest BCUT2D eigenvalue weighted by Gasteiger charge is 2.45. The average Bonchev–Trinajstić information content (AvgIpc) is 2.53. The summed E-state index contributed by atoms with van der Waals surface area (Å²) < 4.78 is 0. The molecule has 70 valence electrons. The zero-order valence-corrected chi connectivity index (χ0v) is 8.16. The van der Waals surface area contributed by atoms with Gasteiger partial charge in [0.05, 0.1) is 0 Å². The van der Waals surface area contributed by atoms with Gasteiger partial charge in [-0.1, -0.05) is 0 Å². The maximum Gasteiger partial charge on any atom is 0.0111 e. The van der Waals surface area contributed by atoms with Crippen molar-refractivity contribution in [2.24, 2.45) is 23.5 Å². The van der Waals surface area contributed by atoms with Crippen molar-refractivity contribution in [2.75, 3.05) is 20.6 Å². The summed E-state index contributed by atoms with van der Waals surface area (Å²) in [4.78, 5) is 2.28. The third-order valence-electron chi connectivity index (χ3n) is 3.73. The van der Waals surface area contributed by atoms with E-state index in [1.165, 1.54) is 25.8 Å². The molecule has 2 aliphatic carbocycles. The lowest BCUT2D eigenvalue weighted by molar-refractivity contribution is 0.221. The predicted molar refractivity (Wildman–Crippen MR) is 50.9 cm³/mol. The minimum atomic E-state index is 0.506. The molecule has 0 amide bonds. The first-order chi connectivity index (χ1) is 5.68. The SMILES string of the molecule is CN(C)C[C@H]1[C@H]2CC[C@@H](C2)[C@H]1N. The van der Waals surface area contributed by atoms with Crippen LogP contribution in [0, 0.1) is 17.8 Å². The Balaban J connectivity index is 1.98. The van der Waals surface area contributed by atoms with Crippen molar-refractivity contribution in [3.05, 3.63) is 0 Å². The molecule has 4 atom stereocenters. The fourth-order valence-electron chi connectivity index (χ4n) is 3.15. The van der Waals surface area contributed by atoms with E-state index in [9.17, 15) is 0 Å². The van der Waals surface area contributed by atoms with Crippen LogP contribution in [0.5, 0.6) is 0 Å². The minimum Gasteiger partial charge on any atom is -0.327 e. The molecule has 12 heavy (non-hydrogen) atoms. The molecular weight excluding hydrogens is 148 g/mol. The Bertz CT molecular complexity index is 165. The largest absolute Gasteiger partial charge is 0.327 e. The Morgan fingerprint density at radius 1 is 1.25 bits per heavy atom. The topological polar surface area (TPSA) is 29.3 Å². The number of hydrogen-bond donors (Lipinski definition) is 1. The first-order valence-corrected chi connectivity index (χ1v) is 5.09. The molecule has 0 saturated heterocycles. The van der Waals surface area contributed by atoms with E-state index >= 15 is 0 Å². The number of rotatable bonds is 2. The molecule has 2 saturated carbocycles. The Morgan fingerprint density at radius 3 is 2.42 bits per heavy atom. The number of fused-ring (bicyclic) bond motifs is 2. The minimum absolute atomic E-state index is 0.506. The fourth-order valence-corrected chi connectivity index (χ4v) is 3.15. The van der Waals surface area contributed by atoms with E-state index in [1.807, 2.05) is 0 Å². The van der Waals surface area contributed by atoms with Gasteiger partial charge in [0, 0.05) is 12.6 Å². The van der Waals surface area contributed by atoms with Crippen LogP contribution in [0.25, 0.3) is 0 Å². The molecule has 0 unspecified atom stereocenters. The second kappa shape index (κ2) is 3.00. The summed E-state index contributed by atoms with van der Waals surface area (Å²) >= 11 is 0. The normalized spacial score (nSPS) is 46.0. The van der Waals surface area contributed by atoms with Gasteiger partial charge in [-0.05, 0) is 51.1 Å². The van der Waals surface area contributed by atoms with Gasteiger partial charge in [-0.3, -0.25) is 0 Å². The first-order valence-electron chi connectivity index (χ1n) is 5.09. The second-order valence-corrected chi connectivity index (χ2v) is 4.84. The van der Waals surface area contributed by atoms with Gasteiger partial charge >= 0.3 is 0 Å². The highest BCUT2D eigenvalue weighted by molar-refractivity contribution is 4.99. The van der Waals surface area contributed by atoms with Gasteiger partial charge in [0.15, 0.2) is 0 Å². The van der Waals surface area contributed by atoms with Gasteiger partial charge in [0.1, 0.15) is 0 Å². The molecule has 2 N–H and O–H groups in total. The van der Waals surface area contributed by atoms with E-state index in [4.69, 9.17) is 5.73 Å². The van der Waals surface area contributed by atoms with Crippen LogP contribution in [0.4, 0.5) is 0 Å². The molecule has 2 fully saturated rings. The van der Waals surface area contributed by atoms with Crippen molar-refractivity contribution in [1.82, 2.24) is 4.90 Å². The van der Waals surface area contributed by atoms with Gasteiger partial charge in [-0.2, -0.15) is 0 Å². The van der Waals surface area contributed by atoms with Gasteiger partial charge in [0.25, 0.3) is 0 Å². The molecule has 0 heterocycles. The van der Waals surface area contributed by atoms with E-state index in [2.05, 4.69) is 19.0 Å². The summed E-state index contributed by atoms with van der Waals surface area (Å²) in [6.07, 6.45) is 4.26. The van der Waals surface area contributed by atoms with Crippen molar-refractivity contribution in [2.45, 2.75) is 25.3 Å². The summed E-state index contributed by atoms with van der Waals surface area (Å²) in [7, 11) is 4.30. The van der Waals surface area contributed by atoms with E-state index < -0.39 is 0 Å². The maximum absolute atomic E-state index is 6.19. The van der Waals surface area contributed by atoms with Crippen LogP contribution in [0.1, 0.15) is 19.3 Å². The summed E-state index contributed by atoms with van der Waals surface area (Å²) in [5.41, 5.74) is 6.19. The summed E-state index contributed by atoms with van der Waals surface area (Å²) in [6, 6.07) is 0.506. The number of nitrogens with two attached hydrogens (primary N) is 1. The van der Waals surface area contributed by atoms with Crippen molar-refractivity contribution < 1.29 is 0 Å². The molecule has 0 radical (unpaired) electrons. The highest BCUT2D eigenvalue weighted by Crippen LogP contribution is 2.47.